The molecule has 1 heterocycles. The molecule has 1 aromatic carbocycles. The van der Waals surface area contributed by atoms with Crippen LogP contribution in [0.3, 0.4) is 0 Å². The molecule has 0 amide bonds. The normalized spacial score (nSPS) is 19.8. The van der Waals surface area contributed by atoms with E-state index in [4.69, 9.17) is 0 Å². The van der Waals surface area contributed by atoms with Gasteiger partial charge in [-0.05, 0) is 63.6 Å². The zero-order valence-electron chi connectivity index (χ0n) is 15.3. The zero-order valence-corrected chi connectivity index (χ0v) is 15.3. The van der Waals surface area contributed by atoms with E-state index < -0.39 is 0 Å². The van der Waals surface area contributed by atoms with Crippen molar-refractivity contribution in [1.82, 2.24) is 15.5 Å². The first-order chi connectivity index (χ1) is 12.2. The molecule has 0 atom stereocenters. The van der Waals surface area contributed by atoms with Crippen LogP contribution in [0.15, 0.2) is 29.3 Å². The fraction of sp³-hybridized carbons (Fsp3) is 0.650. The number of piperidine rings is 1. The maximum absolute atomic E-state index is 13.8. The predicted octanol–water partition coefficient (Wildman–Crippen LogP) is 3.00. The van der Waals surface area contributed by atoms with Gasteiger partial charge in [0.2, 0.25) is 0 Å². The largest absolute Gasteiger partial charge is 0.357 e. The Morgan fingerprint density at radius 2 is 1.88 bits per heavy atom. The van der Waals surface area contributed by atoms with Crippen molar-refractivity contribution in [2.75, 3.05) is 32.7 Å². The monoisotopic (exact) mass is 346 g/mol. The highest BCUT2D eigenvalue weighted by Crippen LogP contribution is 2.28. The number of nitrogens with one attached hydrogen (secondary N) is 2. The third kappa shape index (κ3) is 5.99. The Bertz CT molecular complexity index is 563. The van der Waals surface area contributed by atoms with Crippen LogP contribution in [0.2, 0.25) is 0 Å². The van der Waals surface area contributed by atoms with Gasteiger partial charge < -0.3 is 10.6 Å². The lowest BCUT2D eigenvalue weighted by atomic mass is 9.96. The zero-order chi connectivity index (χ0) is 17.5. The Hall–Kier alpha value is -1.62. The van der Waals surface area contributed by atoms with Crippen molar-refractivity contribution in [2.45, 2.75) is 39.2 Å². The molecule has 2 fully saturated rings. The van der Waals surface area contributed by atoms with E-state index in [1.165, 1.54) is 12.8 Å². The van der Waals surface area contributed by atoms with Gasteiger partial charge in [-0.3, -0.25) is 9.89 Å². The molecule has 1 aromatic rings. The molecule has 0 aromatic heterocycles. The van der Waals surface area contributed by atoms with Gasteiger partial charge in [-0.2, -0.15) is 0 Å². The van der Waals surface area contributed by atoms with Gasteiger partial charge in [0, 0.05) is 31.7 Å². The Labute approximate surface area is 150 Å². The smallest absolute Gasteiger partial charge is 0.191 e. The number of nitrogens with zero attached hydrogens (tertiary/aromatic N) is 2. The summed E-state index contributed by atoms with van der Waals surface area (Å²) in [6, 6.07) is 7.11. The third-order valence-corrected chi connectivity index (χ3v) is 5.17. The molecule has 1 saturated heterocycles. The van der Waals surface area contributed by atoms with Gasteiger partial charge in [-0.1, -0.05) is 18.2 Å². The minimum absolute atomic E-state index is 0.0894. The van der Waals surface area contributed by atoms with Gasteiger partial charge in [0.25, 0.3) is 0 Å². The van der Waals surface area contributed by atoms with Crippen LogP contribution in [0.5, 0.6) is 0 Å². The first kappa shape index (κ1) is 18.2. The first-order valence-corrected chi connectivity index (χ1v) is 9.72. The molecule has 25 heavy (non-hydrogen) atoms. The summed E-state index contributed by atoms with van der Waals surface area (Å²) in [5.41, 5.74) is 0.806. The lowest BCUT2D eigenvalue weighted by Crippen LogP contribution is -2.42. The van der Waals surface area contributed by atoms with Crippen LogP contribution in [-0.4, -0.2) is 43.6 Å². The average molecular weight is 346 g/mol. The summed E-state index contributed by atoms with van der Waals surface area (Å²) < 4.78 is 13.8. The first-order valence-electron chi connectivity index (χ1n) is 9.72. The van der Waals surface area contributed by atoms with Gasteiger partial charge in [0.1, 0.15) is 5.82 Å². The fourth-order valence-corrected chi connectivity index (χ4v) is 3.32. The molecule has 1 aliphatic carbocycles. The summed E-state index contributed by atoms with van der Waals surface area (Å²) in [4.78, 5) is 7.05. The molecule has 2 aliphatic rings. The van der Waals surface area contributed by atoms with Crippen LogP contribution < -0.4 is 10.6 Å². The molecule has 5 heteroatoms. The van der Waals surface area contributed by atoms with E-state index in [0.29, 0.717) is 5.92 Å². The Morgan fingerprint density at radius 1 is 1.12 bits per heavy atom. The number of hydrogen-bond donors (Lipinski definition) is 2. The maximum Gasteiger partial charge on any atom is 0.191 e. The molecule has 4 nitrogen and oxygen atoms in total. The van der Waals surface area contributed by atoms with Crippen molar-refractivity contribution >= 4 is 5.96 Å². The number of halogens is 1. The summed E-state index contributed by atoms with van der Waals surface area (Å²) in [7, 11) is 0. The van der Waals surface area contributed by atoms with E-state index in [9.17, 15) is 4.39 Å². The van der Waals surface area contributed by atoms with Crippen LogP contribution in [0.25, 0.3) is 0 Å². The molecule has 0 unspecified atom stereocenters. The molecule has 1 saturated carbocycles. The van der Waals surface area contributed by atoms with Crippen LogP contribution in [0.1, 0.15) is 38.2 Å². The van der Waals surface area contributed by atoms with E-state index >= 15 is 0 Å². The van der Waals surface area contributed by atoms with Gasteiger partial charge in [0.05, 0.1) is 0 Å². The van der Waals surface area contributed by atoms with Gasteiger partial charge in [0.15, 0.2) is 5.96 Å². The lowest BCUT2D eigenvalue weighted by Gasteiger charge is -2.32. The molecule has 138 valence electrons. The van der Waals surface area contributed by atoms with Crippen molar-refractivity contribution in [2.24, 2.45) is 16.8 Å². The molecule has 0 bridgehead atoms. The quantitative estimate of drug-likeness (QED) is 0.589. The maximum atomic E-state index is 13.8. The van der Waals surface area contributed by atoms with Crippen LogP contribution in [0, 0.1) is 17.7 Å². The summed E-state index contributed by atoms with van der Waals surface area (Å²) in [6.45, 7) is 7.73. The molecular formula is C20H31FN4. The van der Waals surface area contributed by atoms with Gasteiger partial charge >= 0.3 is 0 Å². The molecule has 1 aliphatic heterocycles. The fourth-order valence-electron chi connectivity index (χ4n) is 3.32. The number of guanidine groups is 1. The van der Waals surface area contributed by atoms with Crippen molar-refractivity contribution in [3.63, 3.8) is 0 Å². The van der Waals surface area contributed by atoms with Crippen molar-refractivity contribution in [3.05, 3.63) is 35.6 Å². The van der Waals surface area contributed by atoms with E-state index in [-0.39, 0.29) is 5.82 Å². The van der Waals surface area contributed by atoms with E-state index in [1.54, 1.807) is 12.1 Å². The number of hydrogen-bond acceptors (Lipinski definition) is 2. The minimum Gasteiger partial charge on any atom is -0.357 e. The molecule has 3 rings (SSSR count). The molecule has 2 N–H and O–H groups in total. The topological polar surface area (TPSA) is 39.7 Å². The van der Waals surface area contributed by atoms with E-state index in [1.807, 2.05) is 12.1 Å². The van der Waals surface area contributed by atoms with E-state index in [2.05, 4.69) is 27.4 Å². The number of likely N-dealkylation sites (tertiary alicyclic amines) is 1. The second-order valence-electron chi connectivity index (χ2n) is 7.35. The van der Waals surface area contributed by atoms with Gasteiger partial charge in [-0.25, -0.2) is 4.39 Å². The average Bonchev–Trinajstić information content (AvgIpc) is 3.45. The van der Waals surface area contributed by atoms with Crippen molar-refractivity contribution in [1.29, 1.82) is 0 Å². The Balaban J connectivity index is 1.39. The summed E-state index contributed by atoms with van der Waals surface area (Å²) in [5, 5.41) is 6.85. The van der Waals surface area contributed by atoms with Crippen LogP contribution >= 0.6 is 0 Å². The number of benzene rings is 1. The van der Waals surface area contributed by atoms with Crippen molar-refractivity contribution < 1.29 is 4.39 Å². The number of rotatable bonds is 7. The minimum atomic E-state index is -0.0894. The lowest BCUT2D eigenvalue weighted by molar-refractivity contribution is 0.176. The van der Waals surface area contributed by atoms with Crippen LogP contribution in [0.4, 0.5) is 4.39 Å². The second kappa shape index (κ2) is 9.18. The summed E-state index contributed by atoms with van der Waals surface area (Å²) in [5.74, 6) is 2.36. The predicted molar refractivity (Wildman–Crippen MR) is 101 cm³/mol. The van der Waals surface area contributed by atoms with Crippen molar-refractivity contribution in [3.8, 4) is 0 Å². The molecule has 0 spiro atoms. The third-order valence-electron chi connectivity index (χ3n) is 5.17. The molecular weight excluding hydrogens is 315 g/mol. The van der Waals surface area contributed by atoms with E-state index in [0.717, 1.165) is 69.6 Å². The second-order valence-corrected chi connectivity index (χ2v) is 7.35. The SMILES string of the molecule is CCNC(=NCC1CC1)NCC1CCN(Cc2ccccc2F)CC1. The Kier molecular flexibility index (Phi) is 6.68. The van der Waals surface area contributed by atoms with Gasteiger partial charge in [-0.15, -0.1) is 0 Å². The highest BCUT2D eigenvalue weighted by molar-refractivity contribution is 5.79. The highest BCUT2D eigenvalue weighted by atomic mass is 19.1. The number of aliphatic imine (C=N–C) groups is 1. The highest BCUT2D eigenvalue weighted by Gasteiger charge is 2.22. The standard InChI is InChI=1S/C20H31FN4/c1-2-22-20(23-13-16-7-8-16)24-14-17-9-11-25(12-10-17)15-18-5-3-4-6-19(18)21/h3-6,16-17H,2,7-15H2,1H3,(H2,22,23,24). The summed E-state index contributed by atoms with van der Waals surface area (Å²) in [6.07, 6.45) is 4.99. The molecule has 0 radical (unpaired) electrons. The Morgan fingerprint density at radius 3 is 2.56 bits per heavy atom. The summed E-state index contributed by atoms with van der Waals surface area (Å²) >= 11 is 0. The van der Waals surface area contributed by atoms with Crippen LogP contribution in [-0.2, 0) is 6.54 Å².